The predicted molar refractivity (Wildman–Crippen MR) is 125 cm³/mol. The van der Waals surface area contributed by atoms with E-state index in [1.165, 1.54) is 11.8 Å². The molecule has 166 valence electrons. The number of amides is 3. The topological polar surface area (TPSA) is 73.0 Å². The van der Waals surface area contributed by atoms with E-state index < -0.39 is 0 Å². The number of nitrogens with one attached hydrogen (secondary N) is 1. The summed E-state index contributed by atoms with van der Waals surface area (Å²) in [4.78, 5) is 44.0. The Morgan fingerprint density at radius 1 is 0.938 bits per heavy atom. The maximum Gasteiger partial charge on any atom is 0.282 e. The van der Waals surface area contributed by atoms with Gasteiger partial charge in [0.15, 0.2) is 0 Å². The minimum Gasteiger partial charge on any atom is -0.364 e. The van der Waals surface area contributed by atoms with Crippen molar-refractivity contribution in [1.82, 2.24) is 9.80 Å². The van der Waals surface area contributed by atoms with Crippen LogP contribution in [0.3, 0.4) is 0 Å². The summed E-state index contributed by atoms with van der Waals surface area (Å²) in [6, 6.07) is 13.7. The molecule has 3 amide bonds. The molecular formula is C24H25ClN4O3. The molecule has 2 aromatic carbocycles. The summed E-state index contributed by atoms with van der Waals surface area (Å²) in [5.41, 5.74) is 2.55. The van der Waals surface area contributed by atoms with Crippen LogP contribution in [0, 0.1) is 0 Å². The van der Waals surface area contributed by atoms with Crippen molar-refractivity contribution >= 4 is 46.3 Å². The van der Waals surface area contributed by atoms with E-state index >= 15 is 0 Å². The summed E-state index contributed by atoms with van der Waals surface area (Å²) in [5.74, 6) is -0.888. The summed E-state index contributed by atoms with van der Waals surface area (Å²) in [5, 5.41) is 3.26. The zero-order valence-corrected chi connectivity index (χ0v) is 18.9. The smallest absolute Gasteiger partial charge is 0.282 e. The third kappa shape index (κ3) is 4.26. The summed E-state index contributed by atoms with van der Waals surface area (Å²) >= 11 is 6.05. The van der Waals surface area contributed by atoms with E-state index in [0.717, 1.165) is 19.6 Å². The molecule has 4 rings (SSSR count). The zero-order chi connectivity index (χ0) is 22.8. The molecule has 0 atom stereocenters. The number of carbonyl (C=O) groups excluding carboxylic acids is 3. The monoisotopic (exact) mass is 452 g/mol. The summed E-state index contributed by atoms with van der Waals surface area (Å²) in [6.45, 7) is 7.51. The first-order valence-corrected chi connectivity index (χ1v) is 11.0. The van der Waals surface area contributed by atoms with Crippen LogP contribution in [0.5, 0.6) is 0 Å². The molecule has 0 unspecified atom stereocenters. The van der Waals surface area contributed by atoms with Crippen LogP contribution in [-0.4, -0.2) is 60.2 Å². The van der Waals surface area contributed by atoms with E-state index in [1.807, 2.05) is 4.90 Å². The average molecular weight is 453 g/mol. The van der Waals surface area contributed by atoms with E-state index in [1.54, 1.807) is 48.5 Å². The largest absolute Gasteiger partial charge is 0.364 e. The van der Waals surface area contributed by atoms with Crippen molar-refractivity contribution in [1.29, 1.82) is 0 Å². The van der Waals surface area contributed by atoms with Crippen molar-refractivity contribution in [2.75, 3.05) is 42.9 Å². The number of likely N-dealkylation sites (N-methyl/N-ethyl adjacent to an activating group) is 1. The summed E-state index contributed by atoms with van der Waals surface area (Å²) < 4.78 is 0. The molecule has 0 spiro atoms. The molecule has 1 saturated heterocycles. The van der Waals surface area contributed by atoms with Crippen molar-refractivity contribution in [3.05, 3.63) is 64.8 Å². The van der Waals surface area contributed by atoms with Gasteiger partial charge in [0.2, 0.25) is 5.91 Å². The Labute approximate surface area is 192 Å². The van der Waals surface area contributed by atoms with Gasteiger partial charge in [0.1, 0.15) is 5.70 Å². The number of hydrogen-bond donors (Lipinski definition) is 1. The Morgan fingerprint density at radius 3 is 2.12 bits per heavy atom. The van der Waals surface area contributed by atoms with Gasteiger partial charge in [-0.2, -0.15) is 0 Å². The van der Waals surface area contributed by atoms with Gasteiger partial charge >= 0.3 is 0 Å². The van der Waals surface area contributed by atoms with Crippen LogP contribution in [0.2, 0.25) is 5.02 Å². The zero-order valence-electron chi connectivity index (χ0n) is 18.1. The first kappa shape index (κ1) is 22.0. The molecule has 7 nitrogen and oxygen atoms in total. The van der Waals surface area contributed by atoms with Gasteiger partial charge in [-0.25, -0.2) is 4.90 Å². The van der Waals surface area contributed by atoms with Crippen LogP contribution in [0.1, 0.15) is 19.4 Å². The lowest BCUT2D eigenvalue weighted by molar-refractivity contribution is -0.121. The number of anilines is 2. The molecule has 2 aliphatic rings. The first-order chi connectivity index (χ1) is 15.4. The minimum atomic E-state index is -0.363. The second-order valence-corrected chi connectivity index (χ2v) is 8.26. The van der Waals surface area contributed by atoms with Crippen molar-refractivity contribution in [2.24, 2.45) is 0 Å². The lowest BCUT2D eigenvalue weighted by Crippen LogP contribution is -2.47. The Hall–Kier alpha value is -3.16. The Morgan fingerprint density at radius 2 is 1.56 bits per heavy atom. The fraction of sp³-hybridized carbons (Fsp3) is 0.292. The average Bonchev–Trinajstić information content (AvgIpc) is 3.05. The van der Waals surface area contributed by atoms with Crippen LogP contribution >= 0.6 is 11.6 Å². The molecule has 2 heterocycles. The first-order valence-electron chi connectivity index (χ1n) is 10.6. The highest BCUT2D eigenvalue weighted by Gasteiger charge is 2.43. The van der Waals surface area contributed by atoms with Gasteiger partial charge in [-0.15, -0.1) is 0 Å². The van der Waals surface area contributed by atoms with Gasteiger partial charge in [-0.05, 0) is 48.5 Å². The minimum absolute atomic E-state index is 0.189. The number of carbonyl (C=O) groups is 3. The Balaban J connectivity index is 1.71. The number of benzene rings is 2. The Kier molecular flexibility index (Phi) is 6.30. The van der Waals surface area contributed by atoms with Crippen LogP contribution in [0.15, 0.2) is 54.2 Å². The van der Waals surface area contributed by atoms with Crippen LogP contribution < -0.4 is 10.2 Å². The predicted octanol–water partition coefficient (Wildman–Crippen LogP) is 3.22. The van der Waals surface area contributed by atoms with Crippen molar-refractivity contribution < 1.29 is 14.4 Å². The molecule has 0 aliphatic carbocycles. The maximum atomic E-state index is 13.6. The van der Waals surface area contributed by atoms with Gasteiger partial charge in [0, 0.05) is 43.8 Å². The van der Waals surface area contributed by atoms with E-state index in [-0.39, 0.29) is 17.7 Å². The van der Waals surface area contributed by atoms with Crippen LogP contribution in [0.25, 0.3) is 5.57 Å². The summed E-state index contributed by atoms with van der Waals surface area (Å²) in [6.07, 6.45) is 0. The molecule has 0 radical (unpaired) electrons. The van der Waals surface area contributed by atoms with Gasteiger partial charge in [-0.3, -0.25) is 14.4 Å². The fourth-order valence-corrected chi connectivity index (χ4v) is 4.23. The van der Waals surface area contributed by atoms with E-state index in [2.05, 4.69) is 17.1 Å². The van der Waals surface area contributed by atoms with Gasteiger partial charge in [0.05, 0.1) is 11.3 Å². The molecular weight excluding hydrogens is 428 g/mol. The number of nitrogens with zero attached hydrogens (tertiary/aromatic N) is 3. The van der Waals surface area contributed by atoms with E-state index in [4.69, 9.17) is 11.6 Å². The number of rotatable bonds is 5. The number of piperazine rings is 1. The van der Waals surface area contributed by atoms with Crippen molar-refractivity contribution in [2.45, 2.75) is 13.8 Å². The highest BCUT2D eigenvalue weighted by atomic mass is 35.5. The lowest BCUT2D eigenvalue weighted by Gasteiger charge is -2.36. The third-order valence-corrected chi connectivity index (χ3v) is 6.03. The summed E-state index contributed by atoms with van der Waals surface area (Å²) in [7, 11) is 0. The molecule has 8 heteroatoms. The SMILES string of the molecule is CCN1CCN(C2=C(c3ccc(Cl)cc3)C(=O)N(c3ccc(NC(C)=O)cc3)C2=O)CC1. The van der Waals surface area contributed by atoms with Gasteiger partial charge in [0.25, 0.3) is 11.8 Å². The molecule has 2 aromatic rings. The molecule has 0 aromatic heterocycles. The molecule has 32 heavy (non-hydrogen) atoms. The Bertz CT molecular complexity index is 1070. The number of hydrogen-bond acceptors (Lipinski definition) is 5. The second kappa shape index (κ2) is 9.14. The molecule has 1 fully saturated rings. The van der Waals surface area contributed by atoms with Crippen molar-refractivity contribution in [3.8, 4) is 0 Å². The fourth-order valence-electron chi connectivity index (χ4n) is 4.11. The maximum absolute atomic E-state index is 13.6. The molecule has 0 bridgehead atoms. The van der Waals surface area contributed by atoms with E-state index in [0.29, 0.717) is 46.3 Å². The van der Waals surface area contributed by atoms with Gasteiger partial charge < -0.3 is 15.1 Å². The molecule has 0 saturated carbocycles. The standard InChI is InChI=1S/C24H25ClN4O3/c1-3-27-12-14-28(15-13-27)22-21(17-4-6-18(25)7-5-17)23(31)29(24(22)32)20-10-8-19(9-11-20)26-16(2)30/h4-11H,3,12-15H2,1-2H3,(H,26,30). The van der Waals surface area contributed by atoms with Crippen molar-refractivity contribution in [3.63, 3.8) is 0 Å². The van der Waals surface area contributed by atoms with Crippen LogP contribution in [0.4, 0.5) is 11.4 Å². The van der Waals surface area contributed by atoms with E-state index in [9.17, 15) is 14.4 Å². The second-order valence-electron chi connectivity index (χ2n) is 7.83. The molecule has 2 aliphatic heterocycles. The van der Waals surface area contributed by atoms with Crippen LogP contribution in [-0.2, 0) is 14.4 Å². The van der Waals surface area contributed by atoms with Gasteiger partial charge in [-0.1, -0.05) is 30.7 Å². The third-order valence-electron chi connectivity index (χ3n) is 5.77. The number of halogens is 1. The molecule has 1 N–H and O–H groups in total. The normalized spacial score (nSPS) is 17.3. The quantitative estimate of drug-likeness (QED) is 0.705. The number of imide groups is 1. The lowest BCUT2D eigenvalue weighted by atomic mass is 10.0. The highest BCUT2D eigenvalue weighted by molar-refractivity contribution is 6.45. The highest BCUT2D eigenvalue weighted by Crippen LogP contribution is 2.36.